The molecule has 0 radical (unpaired) electrons. The Bertz CT molecular complexity index is 431. The summed E-state index contributed by atoms with van der Waals surface area (Å²) >= 11 is 5.81. The lowest BCUT2D eigenvalue weighted by Crippen LogP contribution is -2.08. The molecular formula is C8H5ClN2O3. The summed E-state index contributed by atoms with van der Waals surface area (Å²) < 4.78 is 0. The molecule has 0 amide bonds. The van der Waals surface area contributed by atoms with Gasteiger partial charge in [-0.15, -0.1) is 0 Å². The quantitative estimate of drug-likeness (QED) is 0.570. The second-order valence-corrected chi connectivity index (χ2v) is 3.06. The standard InChI is InChI=1S/C8H5ClN2O3/c9-6-3-1-2-5-7(4-11(12)13)10-14-8(5)6/h1-4,10H/b7-4-. The van der Waals surface area contributed by atoms with Gasteiger partial charge in [0.15, 0.2) is 11.4 Å². The molecule has 0 atom stereocenters. The maximum absolute atomic E-state index is 10.3. The highest BCUT2D eigenvalue weighted by Crippen LogP contribution is 2.35. The van der Waals surface area contributed by atoms with Crippen molar-refractivity contribution in [2.75, 3.05) is 0 Å². The van der Waals surface area contributed by atoms with E-state index >= 15 is 0 Å². The zero-order valence-corrected chi connectivity index (χ0v) is 7.62. The molecule has 0 bridgehead atoms. The summed E-state index contributed by atoms with van der Waals surface area (Å²) in [6.45, 7) is 0. The zero-order chi connectivity index (χ0) is 10.1. The van der Waals surface area contributed by atoms with Crippen LogP contribution in [0.5, 0.6) is 5.75 Å². The van der Waals surface area contributed by atoms with Crippen LogP contribution in [0.4, 0.5) is 0 Å². The van der Waals surface area contributed by atoms with Crippen molar-refractivity contribution in [2.45, 2.75) is 0 Å². The highest BCUT2D eigenvalue weighted by Gasteiger charge is 2.22. The first-order valence-electron chi connectivity index (χ1n) is 3.75. The van der Waals surface area contributed by atoms with E-state index in [0.717, 1.165) is 6.20 Å². The lowest BCUT2D eigenvalue weighted by molar-refractivity contribution is -0.401. The molecule has 5 nitrogen and oxygen atoms in total. The van der Waals surface area contributed by atoms with Crippen LogP contribution in [0.3, 0.4) is 0 Å². The van der Waals surface area contributed by atoms with Crippen molar-refractivity contribution in [2.24, 2.45) is 0 Å². The molecule has 0 saturated heterocycles. The summed E-state index contributed by atoms with van der Waals surface area (Å²) in [7, 11) is 0. The van der Waals surface area contributed by atoms with Gasteiger partial charge >= 0.3 is 0 Å². The summed E-state index contributed by atoms with van der Waals surface area (Å²) in [6.07, 6.45) is 0.835. The van der Waals surface area contributed by atoms with Crippen molar-refractivity contribution in [1.29, 1.82) is 0 Å². The van der Waals surface area contributed by atoms with Crippen LogP contribution >= 0.6 is 11.6 Å². The Morgan fingerprint density at radius 3 is 3.07 bits per heavy atom. The van der Waals surface area contributed by atoms with Gasteiger partial charge in [-0.1, -0.05) is 17.7 Å². The number of fused-ring (bicyclic) bond motifs is 1. The predicted molar refractivity (Wildman–Crippen MR) is 50.2 cm³/mol. The second-order valence-electron chi connectivity index (χ2n) is 2.65. The number of halogens is 1. The Labute approximate surface area is 84.0 Å². The van der Waals surface area contributed by atoms with Crippen molar-refractivity contribution in [3.05, 3.63) is 45.1 Å². The summed E-state index contributed by atoms with van der Waals surface area (Å²) in [6, 6.07) is 5.04. The van der Waals surface area contributed by atoms with E-state index in [1.807, 2.05) is 0 Å². The van der Waals surface area contributed by atoms with Crippen LogP contribution in [-0.4, -0.2) is 4.92 Å². The zero-order valence-electron chi connectivity index (χ0n) is 6.86. The molecule has 0 fully saturated rings. The van der Waals surface area contributed by atoms with Crippen LogP contribution in [0.2, 0.25) is 5.02 Å². The normalized spacial score (nSPS) is 15.9. The fourth-order valence-corrected chi connectivity index (χ4v) is 1.40. The molecule has 72 valence electrons. The molecule has 1 aromatic rings. The van der Waals surface area contributed by atoms with E-state index < -0.39 is 4.92 Å². The maximum Gasteiger partial charge on any atom is 0.261 e. The molecule has 0 aliphatic carbocycles. The third-order valence-corrected chi connectivity index (χ3v) is 2.05. The van der Waals surface area contributed by atoms with Gasteiger partial charge < -0.3 is 4.84 Å². The Kier molecular flexibility index (Phi) is 2.01. The average molecular weight is 213 g/mol. The van der Waals surface area contributed by atoms with Crippen molar-refractivity contribution < 1.29 is 9.76 Å². The van der Waals surface area contributed by atoms with E-state index in [9.17, 15) is 10.1 Å². The minimum atomic E-state index is -0.554. The van der Waals surface area contributed by atoms with Crippen LogP contribution in [-0.2, 0) is 0 Å². The van der Waals surface area contributed by atoms with E-state index in [1.165, 1.54) is 0 Å². The Morgan fingerprint density at radius 1 is 1.57 bits per heavy atom. The summed E-state index contributed by atoms with van der Waals surface area (Å²) in [5, 5.41) is 10.7. The second kappa shape index (κ2) is 3.19. The first kappa shape index (κ1) is 8.83. The number of benzene rings is 1. The summed E-state index contributed by atoms with van der Waals surface area (Å²) in [5.74, 6) is 0.419. The lowest BCUT2D eigenvalue weighted by atomic mass is 10.1. The van der Waals surface area contributed by atoms with Crippen molar-refractivity contribution >= 4 is 17.3 Å². The van der Waals surface area contributed by atoms with Gasteiger partial charge in [-0.05, 0) is 12.1 Å². The van der Waals surface area contributed by atoms with E-state index in [2.05, 4.69) is 5.48 Å². The molecule has 14 heavy (non-hydrogen) atoms. The van der Waals surface area contributed by atoms with Gasteiger partial charge in [0, 0.05) is 0 Å². The van der Waals surface area contributed by atoms with E-state index in [-0.39, 0.29) is 0 Å². The van der Waals surface area contributed by atoms with Crippen molar-refractivity contribution in [1.82, 2.24) is 5.48 Å². The number of para-hydroxylation sites is 1. The molecular weight excluding hydrogens is 208 g/mol. The molecule has 0 spiro atoms. The Balaban J connectivity index is 2.50. The number of hydrogen-bond donors (Lipinski definition) is 1. The van der Waals surface area contributed by atoms with Crippen molar-refractivity contribution in [3.8, 4) is 5.75 Å². The molecule has 2 rings (SSSR count). The first-order valence-corrected chi connectivity index (χ1v) is 4.13. The summed E-state index contributed by atoms with van der Waals surface area (Å²) in [4.78, 5) is 14.7. The molecule has 6 heteroatoms. The third kappa shape index (κ3) is 1.38. The fourth-order valence-electron chi connectivity index (χ4n) is 1.19. The number of nitro groups is 1. The van der Waals surface area contributed by atoms with Gasteiger partial charge in [-0.2, -0.15) is 0 Å². The lowest BCUT2D eigenvalue weighted by Gasteiger charge is -1.96. The third-order valence-electron chi connectivity index (χ3n) is 1.75. The number of nitrogens with one attached hydrogen (secondary N) is 1. The van der Waals surface area contributed by atoms with Gasteiger partial charge in [0.1, 0.15) is 0 Å². The summed E-state index contributed by atoms with van der Waals surface area (Å²) in [5.41, 5.74) is 3.32. The van der Waals surface area contributed by atoms with Crippen LogP contribution in [0.1, 0.15) is 5.56 Å². The average Bonchev–Trinajstić information content (AvgIpc) is 2.49. The molecule has 1 aromatic carbocycles. The van der Waals surface area contributed by atoms with Crippen LogP contribution < -0.4 is 10.3 Å². The molecule has 1 aliphatic heterocycles. The van der Waals surface area contributed by atoms with Crippen molar-refractivity contribution in [3.63, 3.8) is 0 Å². The minimum absolute atomic E-state index is 0.299. The largest absolute Gasteiger partial charge is 0.380 e. The number of rotatable bonds is 1. The first-order chi connectivity index (χ1) is 6.68. The molecule has 1 heterocycles. The van der Waals surface area contributed by atoms with Gasteiger partial charge in [0.05, 0.1) is 15.5 Å². The van der Waals surface area contributed by atoms with Crippen LogP contribution in [0.25, 0.3) is 5.70 Å². The highest BCUT2D eigenvalue weighted by atomic mass is 35.5. The fraction of sp³-hybridized carbons (Fsp3) is 0. The van der Waals surface area contributed by atoms with Gasteiger partial charge in [0.25, 0.3) is 6.20 Å². The minimum Gasteiger partial charge on any atom is -0.380 e. The van der Waals surface area contributed by atoms with Gasteiger partial charge in [0.2, 0.25) is 0 Å². The number of hydroxylamine groups is 1. The Hall–Kier alpha value is -1.75. The molecule has 0 aromatic heterocycles. The van der Waals surface area contributed by atoms with E-state index in [1.54, 1.807) is 18.2 Å². The SMILES string of the molecule is O=[N+]([O-])/C=C1\NOc2c(Cl)cccc21. The molecule has 0 saturated carbocycles. The Morgan fingerprint density at radius 2 is 2.36 bits per heavy atom. The van der Waals surface area contributed by atoms with Gasteiger partial charge in [-0.25, -0.2) is 5.48 Å². The molecule has 1 N–H and O–H groups in total. The number of nitrogens with zero attached hydrogens (tertiary/aromatic N) is 1. The van der Waals surface area contributed by atoms with Gasteiger partial charge in [-0.3, -0.25) is 10.1 Å². The molecule has 0 unspecified atom stereocenters. The monoisotopic (exact) mass is 212 g/mol. The topological polar surface area (TPSA) is 64.4 Å². The van der Waals surface area contributed by atoms with E-state index in [4.69, 9.17) is 16.4 Å². The molecule has 1 aliphatic rings. The smallest absolute Gasteiger partial charge is 0.261 e. The van der Waals surface area contributed by atoms with Crippen LogP contribution in [0, 0.1) is 10.1 Å². The maximum atomic E-state index is 10.3. The van der Waals surface area contributed by atoms with E-state index in [0.29, 0.717) is 22.0 Å². The van der Waals surface area contributed by atoms with Crippen LogP contribution in [0.15, 0.2) is 24.4 Å². The number of hydrogen-bond acceptors (Lipinski definition) is 4. The predicted octanol–water partition coefficient (Wildman–Crippen LogP) is 1.81. The highest BCUT2D eigenvalue weighted by molar-refractivity contribution is 6.32.